The van der Waals surface area contributed by atoms with Gasteiger partial charge < -0.3 is 24.1 Å². The van der Waals surface area contributed by atoms with Gasteiger partial charge in [0.05, 0.1) is 32.7 Å². The highest BCUT2D eigenvalue weighted by atomic mass is 16.5. The summed E-state index contributed by atoms with van der Waals surface area (Å²) in [4.78, 5) is 19.2. The van der Waals surface area contributed by atoms with Crippen LogP contribution < -0.4 is 14.8 Å². The van der Waals surface area contributed by atoms with Gasteiger partial charge in [-0.05, 0) is 42.7 Å². The smallest absolute Gasteiger partial charge is 0.318 e. The Bertz CT molecular complexity index is 981. The van der Waals surface area contributed by atoms with Crippen LogP contribution in [0.3, 0.4) is 0 Å². The van der Waals surface area contributed by atoms with Crippen LogP contribution in [0.15, 0.2) is 48.8 Å². The van der Waals surface area contributed by atoms with Gasteiger partial charge in [-0.2, -0.15) is 0 Å². The number of hydrogen-bond acceptors (Lipinski definition) is 4. The first kappa shape index (κ1) is 18.2. The summed E-state index contributed by atoms with van der Waals surface area (Å²) in [6.45, 7) is 0.961. The number of methoxy groups -OCH3 is 2. The molecule has 1 aromatic carbocycles. The molecule has 0 atom stereocenters. The predicted molar refractivity (Wildman–Crippen MR) is 106 cm³/mol. The number of amides is 2. The molecule has 1 N–H and O–H groups in total. The molecule has 0 aliphatic heterocycles. The van der Waals surface area contributed by atoms with Gasteiger partial charge in [-0.15, -0.1) is 0 Å². The summed E-state index contributed by atoms with van der Waals surface area (Å²) in [6.07, 6.45) is 5.90. The second-order valence-corrected chi connectivity index (χ2v) is 6.89. The van der Waals surface area contributed by atoms with Crippen molar-refractivity contribution in [1.29, 1.82) is 0 Å². The fourth-order valence-electron chi connectivity index (χ4n) is 3.30. The normalized spacial score (nSPS) is 13.4. The topological polar surface area (TPSA) is 68.1 Å². The summed E-state index contributed by atoms with van der Waals surface area (Å²) in [5.41, 5.74) is 2.85. The monoisotopic (exact) mass is 380 g/mol. The lowest BCUT2D eigenvalue weighted by atomic mass is 10.2. The summed E-state index contributed by atoms with van der Waals surface area (Å²) in [6, 6.07) is 11.8. The van der Waals surface area contributed by atoms with E-state index in [1.54, 1.807) is 14.2 Å². The van der Waals surface area contributed by atoms with Crippen LogP contribution in [0, 0.1) is 0 Å². The number of rotatable bonds is 7. The zero-order chi connectivity index (χ0) is 19.5. The molecule has 1 aliphatic rings. The molecule has 0 bridgehead atoms. The molecule has 4 rings (SSSR count). The summed E-state index contributed by atoms with van der Waals surface area (Å²) >= 11 is 0. The Morgan fingerprint density at radius 3 is 2.79 bits per heavy atom. The minimum Gasteiger partial charge on any atom is -0.493 e. The molecule has 0 radical (unpaired) electrons. The quantitative estimate of drug-likeness (QED) is 0.683. The number of ether oxygens (including phenoxy) is 2. The zero-order valence-corrected chi connectivity index (χ0v) is 16.1. The number of nitrogens with one attached hydrogen (secondary N) is 1. The van der Waals surface area contributed by atoms with E-state index in [2.05, 4.69) is 10.3 Å². The highest BCUT2D eigenvalue weighted by Gasteiger charge is 2.33. The van der Waals surface area contributed by atoms with Crippen molar-refractivity contribution in [2.24, 2.45) is 0 Å². The molecule has 3 aromatic rings. The van der Waals surface area contributed by atoms with Crippen molar-refractivity contribution >= 4 is 11.7 Å². The first-order valence-electron chi connectivity index (χ1n) is 9.36. The van der Waals surface area contributed by atoms with Crippen LogP contribution in [-0.2, 0) is 13.1 Å². The average Bonchev–Trinajstić information content (AvgIpc) is 3.50. The first-order chi connectivity index (χ1) is 13.7. The second kappa shape index (κ2) is 7.80. The zero-order valence-electron chi connectivity index (χ0n) is 16.1. The highest BCUT2D eigenvalue weighted by Crippen LogP contribution is 2.29. The summed E-state index contributed by atoms with van der Waals surface area (Å²) in [7, 11) is 3.21. The maximum Gasteiger partial charge on any atom is 0.318 e. The molecule has 0 unspecified atom stereocenters. The number of imidazole rings is 1. The standard InChI is InChI=1S/C21H24N4O3/c1-27-18-9-6-15(11-19(18)28-2)12-23-21(26)25(16-7-8-16)14-17-13-22-20-5-3-4-10-24(17)20/h3-6,9-11,13,16H,7-8,12,14H2,1-2H3,(H,23,26). The molecule has 0 spiro atoms. The number of fused-ring (bicyclic) bond motifs is 1. The lowest BCUT2D eigenvalue weighted by Gasteiger charge is -2.23. The van der Waals surface area contributed by atoms with Crippen LogP contribution in [0.2, 0.25) is 0 Å². The maximum absolute atomic E-state index is 12.9. The first-order valence-corrected chi connectivity index (χ1v) is 9.36. The number of carbonyl (C=O) groups excluding carboxylic acids is 1. The van der Waals surface area contributed by atoms with Crippen molar-refractivity contribution < 1.29 is 14.3 Å². The van der Waals surface area contributed by atoms with Gasteiger partial charge in [-0.25, -0.2) is 9.78 Å². The lowest BCUT2D eigenvalue weighted by Crippen LogP contribution is -2.40. The average molecular weight is 380 g/mol. The molecule has 2 amide bonds. The molecule has 7 nitrogen and oxygen atoms in total. The third-order valence-electron chi connectivity index (χ3n) is 4.97. The molecule has 2 heterocycles. The molecule has 2 aromatic heterocycles. The number of pyridine rings is 1. The fourth-order valence-corrected chi connectivity index (χ4v) is 3.30. The van der Waals surface area contributed by atoms with Crippen LogP contribution in [-0.4, -0.2) is 40.6 Å². The minimum atomic E-state index is -0.0665. The van der Waals surface area contributed by atoms with Gasteiger partial charge in [0, 0.05) is 18.8 Å². The Morgan fingerprint density at radius 2 is 2.04 bits per heavy atom. The van der Waals surface area contributed by atoms with Gasteiger partial charge in [-0.1, -0.05) is 12.1 Å². The Morgan fingerprint density at radius 1 is 1.21 bits per heavy atom. The third kappa shape index (κ3) is 3.74. The van der Waals surface area contributed by atoms with E-state index in [0.717, 1.165) is 29.7 Å². The number of carbonyl (C=O) groups is 1. The van der Waals surface area contributed by atoms with Crippen LogP contribution in [0.5, 0.6) is 11.5 Å². The van der Waals surface area contributed by atoms with Gasteiger partial charge in [0.25, 0.3) is 0 Å². The van der Waals surface area contributed by atoms with Gasteiger partial charge in [0.2, 0.25) is 0 Å². The Kier molecular flexibility index (Phi) is 5.06. The molecule has 1 saturated carbocycles. The predicted octanol–water partition coefficient (Wildman–Crippen LogP) is 3.23. The van der Waals surface area contributed by atoms with Crippen molar-refractivity contribution in [2.45, 2.75) is 32.0 Å². The van der Waals surface area contributed by atoms with Crippen molar-refractivity contribution in [2.75, 3.05) is 14.2 Å². The summed E-state index contributed by atoms with van der Waals surface area (Å²) < 4.78 is 12.6. The number of urea groups is 1. The van der Waals surface area contributed by atoms with Crippen molar-refractivity contribution in [3.63, 3.8) is 0 Å². The van der Waals surface area contributed by atoms with Gasteiger partial charge in [0.1, 0.15) is 5.65 Å². The van der Waals surface area contributed by atoms with Crippen LogP contribution in [0.4, 0.5) is 4.79 Å². The molecular weight excluding hydrogens is 356 g/mol. The van der Waals surface area contributed by atoms with Crippen LogP contribution >= 0.6 is 0 Å². The van der Waals surface area contributed by atoms with Gasteiger partial charge in [-0.3, -0.25) is 0 Å². The van der Waals surface area contributed by atoms with E-state index < -0.39 is 0 Å². The van der Waals surface area contributed by atoms with Gasteiger partial charge in [0.15, 0.2) is 11.5 Å². The molecule has 1 aliphatic carbocycles. The molecule has 1 fully saturated rings. The number of benzene rings is 1. The summed E-state index contributed by atoms with van der Waals surface area (Å²) in [5, 5.41) is 3.03. The lowest BCUT2D eigenvalue weighted by molar-refractivity contribution is 0.190. The minimum absolute atomic E-state index is 0.0665. The number of nitrogens with zero attached hydrogens (tertiary/aromatic N) is 3. The van der Waals surface area contributed by atoms with Crippen LogP contribution in [0.1, 0.15) is 24.1 Å². The van der Waals surface area contributed by atoms with E-state index >= 15 is 0 Å². The fraction of sp³-hybridized carbons (Fsp3) is 0.333. The van der Waals surface area contributed by atoms with E-state index in [9.17, 15) is 4.79 Å². The van der Waals surface area contributed by atoms with Crippen molar-refractivity contribution in [1.82, 2.24) is 19.6 Å². The second-order valence-electron chi connectivity index (χ2n) is 6.89. The molecular formula is C21H24N4O3. The van der Waals surface area contributed by atoms with Crippen molar-refractivity contribution in [3.8, 4) is 11.5 Å². The number of aromatic nitrogens is 2. The van der Waals surface area contributed by atoms with E-state index in [4.69, 9.17) is 9.47 Å². The molecule has 146 valence electrons. The Balaban J connectivity index is 1.44. The molecule has 28 heavy (non-hydrogen) atoms. The third-order valence-corrected chi connectivity index (χ3v) is 4.97. The Labute approximate surface area is 163 Å². The SMILES string of the molecule is COc1ccc(CNC(=O)N(Cc2cnc3ccccn23)C2CC2)cc1OC. The van der Waals surface area contributed by atoms with E-state index in [0.29, 0.717) is 30.6 Å². The van der Waals surface area contributed by atoms with E-state index in [-0.39, 0.29) is 6.03 Å². The van der Waals surface area contributed by atoms with Crippen LogP contribution in [0.25, 0.3) is 5.65 Å². The Hall–Kier alpha value is -3.22. The maximum atomic E-state index is 12.9. The summed E-state index contributed by atoms with van der Waals surface area (Å²) in [5.74, 6) is 1.32. The largest absolute Gasteiger partial charge is 0.493 e. The molecule has 0 saturated heterocycles. The van der Waals surface area contributed by atoms with E-state index in [1.807, 2.05) is 58.1 Å². The number of hydrogen-bond donors (Lipinski definition) is 1. The highest BCUT2D eigenvalue weighted by molar-refractivity contribution is 5.75. The molecule has 7 heteroatoms. The van der Waals surface area contributed by atoms with E-state index in [1.165, 1.54) is 0 Å². The van der Waals surface area contributed by atoms with Gasteiger partial charge >= 0.3 is 6.03 Å². The van der Waals surface area contributed by atoms with Crippen molar-refractivity contribution in [3.05, 3.63) is 60.0 Å².